The highest BCUT2D eigenvalue weighted by atomic mass is 35.5. The highest BCUT2D eigenvalue weighted by molar-refractivity contribution is 6.30. The highest BCUT2D eigenvalue weighted by Crippen LogP contribution is 2.35. The first-order valence-corrected chi connectivity index (χ1v) is 11.4. The summed E-state index contributed by atoms with van der Waals surface area (Å²) in [5.41, 5.74) is 0.865. The summed E-state index contributed by atoms with van der Waals surface area (Å²) in [4.78, 5) is 40.2. The quantitative estimate of drug-likeness (QED) is 0.573. The molecule has 3 aromatic rings. The molecule has 2 heterocycles. The van der Waals surface area contributed by atoms with E-state index in [1.807, 2.05) is 24.3 Å². The van der Waals surface area contributed by atoms with Crippen LogP contribution >= 0.6 is 11.6 Å². The molecule has 1 atom stereocenters. The summed E-state index contributed by atoms with van der Waals surface area (Å²) in [7, 11) is 0. The molecule has 1 aromatic heterocycles. The van der Waals surface area contributed by atoms with Crippen molar-refractivity contribution in [1.29, 1.82) is 0 Å². The van der Waals surface area contributed by atoms with Crippen molar-refractivity contribution in [2.24, 2.45) is 5.10 Å². The van der Waals surface area contributed by atoms with Gasteiger partial charge in [-0.1, -0.05) is 56.6 Å². The van der Waals surface area contributed by atoms with Gasteiger partial charge in [0.15, 0.2) is 0 Å². The van der Waals surface area contributed by atoms with Gasteiger partial charge in [0.2, 0.25) is 11.8 Å². The number of benzene rings is 2. The maximum absolute atomic E-state index is 12.8. The lowest BCUT2D eigenvalue weighted by molar-refractivity contribution is -0.132. The Bertz CT molecular complexity index is 1370. The molecule has 0 bridgehead atoms. The number of carbonyl (C=O) groups excluding carboxylic acids is 1. The Morgan fingerprint density at radius 1 is 1.15 bits per heavy atom. The predicted molar refractivity (Wildman–Crippen MR) is 131 cm³/mol. The number of amides is 1. The SMILES string of the molecule is CCC(=O)N1N=C(c2c(O)n(-c3ccc(Cl)cc3)c(=O)[nH]c2=O)C[C@H]1c1ccc(C(C)C)cc1. The molecule has 0 saturated heterocycles. The second-order valence-electron chi connectivity index (χ2n) is 8.45. The van der Waals surface area contributed by atoms with Crippen LogP contribution in [0.5, 0.6) is 5.88 Å². The number of hydrogen-bond acceptors (Lipinski definition) is 5. The van der Waals surface area contributed by atoms with Crippen LogP contribution in [0, 0.1) is 0 Å². The van der Waals surface area contributed by atoms with Crippen LogP contribution in [0.1, 0.15) is 62.3 Å². The van der Waals surface area contributed by atoms with Crippen molar-refractivity contribution in [3.05, 3.63) is 91.1 Å². The summed E-state index contributed by atoms with van der Waals surface area (Å²) >= 11 is 5.94. The van der Waals surface area contributed by atoms with Gasteiger partial charge in [0, 0.05) is 17.9 Å². The van der Waals surface area contributed by atoms with E-state index in [0.717, 1.165) is 10.1 Å². The van der Waals surface area contributed by atoms with Crippen LogP contribution in [0.4, 0.5) is 0 Å². The summed E-state index contributed by atoms with van der Waals surface area (Å²) in [5, 5.41) is 17.2. The Hall–Kier alpha value is -3.65. The van der Waals surface area contributed by atoms with Crippen molar-refractivity contribution in [1.82, 2.24) is 14.6 Å². The number of hydrazone groups is 1. The Balaban J connectivity index is 1.80. The number of aromatic amines is 1. The summed E-state index contributed by atoms with van der Waals surface area (Å²) < 4.78 is 0.978. The lowest BCUT2D eigenvalue weighted by Crippen LogP contribution is -2.33. The van der Waals surface area contributed by atoms with Crippen LogP contribution in [0.15, 0.2) is 63.2 Å². The van der Waals surface area contributed by atoms with Crippen molar-refractivity contribution in [3.8, 4) is 11.6 Å². The number of rotatable bonds is 5. The number of carbonyl (C=O) groups is 1. The summed E-state index contributed by atoms with van der Waals surface area (Å²) in [6.07, 6.45) is 0.437. The fraction of sp³-hybridized carbons (Fsp3) is 0.280. The molecule has 176 valence electrons. The Kier molecular flexibility index (Phi) is 6.43. The minimum atomic E-state index is -0.797. The molecule has 2 aromatic carbocycles. The zero-order chi connectivity index (χ0) is 24.6. The molecule has 0 aliphatic carbocycles. The number of aromatic hydroxyl groups is 1. The molecular weight excluding hydrogens is 456 g/mol. The summed E-state index contributed by atoms with van der Waals surface area (Å²) in [5.74, 6) is -0.397. The first kappa shape index (κ1) is 23.5. The van der Waals surface area contributed by atoms with E-state index in [1.54, 1.807) is 31.2 Å². The normalized spacial score (nSPS) is 15.6. The van der Waals surface area contributed by atoms with Crippen LogP contribution in [-0.2, 0) is 4.79 Å². The lowest BCUT2D eigenvalue weighted by atomic mass is 9.95. The molecule has 34 heavy (non-hydrogen) atoms. The molecule has 0 saturated carbocycles. The minimum absolute atomic E-state index is 0.148. The fourth-order valence-corrected chi connectivity index (χ4v) is 4.16. The van der Waals surface area contributed by atoms with E-state index < -0.39 is 23.2 Å². The van der Waals surface area contributed by atoms with E-state index in [4.69, 9.17) is 11.6 Å². The molecule has 2 N–H and O–H groups in total. The van der Waals surface area contributed by atoms with Gasteiger partial charge < -0.3 is 5.11 Å². The third-order valence-electron chi connectivity index (χ3n) is 5.92. The molecule has 1 amide bonds. The van der Waals surface area contributed by atoms with E-state index in [2.05, 4.69) is 23.9 Å². The molecule has 0 unspecified atom stereocenters. The number of hydrogen-bond donors (Lipinski definition) is 2. The third kappa shape index (κ3) is 4.28. The Morgan fingerprint density at radius 3 is 2.38 bits per heavy atom. The van der Waals surface area contributed by atoms with Gasteiger partial charge in [-0.3, -0.25) is 14.6 Å². The van der Waals surface area contributed by atoms with E-state index in [-0.39, 0.29) is 30.0 Å². The fourth-order valence-electron chi connectivity index (χ4n) is 4.03. The second kappa shape index (κ2) is 9.30. The monoisotopic (exact) mass is 480 g/mol. The number of nitrogens with zero attached hydrogens (tertiary/aromatic N) is 3. The molecule has 0 spiro atoms. The summed E-state index contributed by atoms with van der Waals surface area (Å²) in [6.45, 7) is 5.94. The Morgan fingerprint density at radius 2 is 1.79 bits per heavy atom. The number of aromatic nitrogens is 2. The van der Waals surface area contributed by atoms with Crippen molar-refractivity contribution >= 4 is 23.2 Å². The zero-order valence-corrected chi connectivity index (χ0v) is 19.8. The molecule has 8 nitrogen and oxygen atoms in total. The van der Waals surface area contributed by atoms with Gasteiger partial charge in [-0.15, -0.1) is 0 Å². The number of H-pyrrole nitrogens is 1. The van der Waals surface area contributed by atoms with Gasteiger partial charge in [0.05, 0.1) is 17.4 Å². The van der Waals surface area contributed by atoms with Crippen LogP contribution in [0.3, 0.4) is 0 Å². The maximum Gasteiger partial charge on any atom is 0.335 e. The van der Waals surface area contributed by atoms with Crippen molar-refractivity contribution in [3.63, 3.8) is 0 Å². The lowest BCUT2D eigenvalue weighted by Gasteiger charge is -2.22. The van der Waals surface area contributed by atoms with Gasteiger partial charge in [-0.05, 0) is 41.3 Å². The topological polar surface area (TPSA) is 108 Å². The third-order valence-corrected chi connectivity index (χ3v) is 6.17. The predicted octanol–water partition coefficient (Wildman–Crippen LogP) is 4.10. The molecular formula is C25H25ClN4O4. The van der Waals surface area contributed by atoms with Gasteiger partial charge in [-0.2, -0.15) is 5.10 Å². The van der Waals surface area contributed by atoms with Crippen molar-refractivity contribution < 1.29 is 9.90 Å². The average molecular weight is 481 g/mol. The largest absolute Gasteiger partial charge is 0.493 e. The van der Waals surface area contributed by atoms with Crippen LogP contribution in [0.25, 0.3) is 5.69 Å². The van der Waals surface area contributed by atoms with Gasteiger partial charge in [0.1, 0.15) is 5.56 Å². The summed E-state index contributed by atoms with van der Waals surface area (Å²) in [6, 6.07) is 13.7. The molecule has 4 rings (SSSR count). The van der Waals surface area contributed by atoms with E-state index in [0.29, 0.717) is 16.6 Å². The minimum Gasteiger partial charge on any atom is -0.493 e. The first-order valence-electron chi connectivity index (χ1n) is 11.0. The van der Waals surface area contributed by atoms with Crippen LogP contribution in [0.2, 0.25) is 5.02 Å². The molecule has 1 aliphatic rings. The molecule has 9 heteroatoms. The highest BCUT2D eigenvalue weighted by Gasteiger charge is 2.35. The molecule has 0 fully saturated rings. The second-order valence-corrected chi connectivity index (χ2v) is 8.89. The van der Waals surface area contributed by atoms with E-state index in [9.17, 15) is 19.5 Å². The van der Waals surface area contributed by atoms with Gasteiger partial charge in [0.25, 0.3) is 5.56 Å². The van der Waals surface area contributed by atoms with Gasteiger partial charge >= 0.3 is 5.69 Å². The van der Waals surface area contributed by atoms with Crippen molar-refractivity contribution in [2.45, 2.75) is 45.6 Å². The smallest absolute Gasteiger partial charge is 0.335 e. The maximum atomic E-state index is 12.8. The van der Waals surface area contributed by atoms with E-state index in [1.165, 1.54) is 10.6 Å². The Labute approximate surface area is 201 Å². The first-order chi connectivity index (χ1) is 16.2. The van der Waals surface area contributed by atoms with E-state index >= 15 is 0 Å². The van der Waals surface area contributed by atoms with Crippen LogP contribution < -0.4 is 11.2 Å². The van der Waals surface area contributed by atoms with Gasteiger partial charge in [-0.25, -0.2) is 14.4 Å². The number of halogens is 1. The standard InChI is InChI=1S/C25H25ClN4O4/c1-4-21(31)30-20(16-7-5-15(6-8-16)14(2)3)13-19(28-30)22-23(32)27-25(34)29(24(22)33)18-11-9-17(26)10-12-18/h5-12,14,20,33H,4,13H2,1-3H3,(H,27,32,34)/t20-/m0/s1. The molecule has 1 aliphatic heterocycles. The number of nitrogens with one attached hydrogen (secondary N) is 1. The zero-order valence-electron chi connectivity index (χ0n) is 19.1. The van der Waals surface area contributed by atoms with Crippen molar-refractivity contribution in [2.75, 3.05) is 0 Å². The average Bonchev–Trinajstić information content (AvgIpc) is 3.24. The molecule has 0 radical (unpaired) electrons. The van der Waals surface area contributed by atoms with Crippen LogP contribution in [-0.4, -0.2) is 31.3 Å².